The molecule has 24 heavy (non-hydrogen) atoms. The Kier molecular flexibility index (Phi) is 7.74. The van der Waals surface area contributed by atoms with Crippen LogP contribution in [0.25, 0.3) is 0 Å². The maximum absolute atomic E-state index is 6.58. The number of hydrogen-bond acceptors (Lipinski definition) is 2. The maximum Gasteiger partial charge on any atom is 0.0727 e. The molecule has 3 aliphatic rings. The molecule has 3 unspecified atom stereocenters. The van der Waals surface area contributed by atoms with Gasteiger partial charge in [0.05, 0.1) is 6.10 Å². The Hall–Kier alpha value is 0.210. The maximum atomic E-state index is 6.58. The molecule has 0 amide bonds. The summed E-state index contributed by atoms with van der Waals surface area (Å²) in [5.74, 6) is 1.83. The highest BCUT2D eigenvalue weighted by Crippen LogP contribution is 2.34. The fourth-order valence-corrected chi connectivity index (χ4v) is 5.78. The lowest BCUT2D eigenvalue weighted by Crippen LogP contribution is -2.51. The molecule has 0 N–H and O–H groups in total. The van der Waals surface area contributed by atoms with E-state index in [1.807, 2.05) is 7.11 Å². The third-order valence-corrected chi connectivity index (χ3v) is 7.29. The monoisotopic (exact) mass is 355 g/mol. The van der Waals surface area contributed by atoms with E-state index in [1.54, 1.807) is 0 Å². The summed E-state index contributed by atoms with van der Waals surface area (Å²) >= 11 is 6.58. The fraction of sp³-hybridized carbons (Fsp3) is 1.00. The van der Waals surface area contributed by atoms with Gasteiger partial charge in [-0.1, -0.05) is 38.5 Å². The van der Waals surface area contributed by atoms with Crippen LogP contribution >= 0.6 is 11.6 Å². The molecular formula is C21H38ClNO. The van der Waals surface area contributed by atoms with Gasteiger partial charge in [-0.15, -0.1) is 11.6 Å². The van der Waals surface area contributed by atoms with Crippen LogP contribution in [-0.2, 0) is 4.74 Å². The van der Waals surface area contributed by atoms with Crippen LogP contribution in [0.15, 0.2) is 0 Å². The average molecular weight is 356 g/mol. The lowest BCUT2D eigenvalue weighted by molar-refractivity contribution is -0.0242. The van der Waals surface area contributed by atoms with Crippen molar-refractivity contribution in [1.29, 1.82) is 0 Å². The van der Waals surface area contributed by atoms with Crippen molar-refractivity contribution in [1.82, 2.24) is 4.90 Å². The molecule has 2 nitrogen and oxygen atoms in total. The largest absolute Gasteiger partial charge is 0.380 e. The molecular weight excluding hydrogens is 318 g/mol. The van der Waals surface area contributed by atoms with Crippen molar-refractivity contribution in [2.75, 3.05) is 20.2 Å². The van der Waals surface area contributed by atoms with Gasteiger partial charge in [0.2, 0.25) is 0 Å². The molecule has 0 saturated heterocycles. The molecule has 3 heteroatoms. The molecule has 3 fully saturated rings. The Bertz CT molecular complexity index is 332. The summed E-state index contributed by atoms with van der Waals surface area (Å²) < 4.78 is 5.91. The average Bonchev–Trinajstić information content (AvgIpc) is 2.63. The fourth-order valence-electron chi connectivity index (χ4n) is 5.48. The van der Waals surface area contributed by atoms with E-state index >= 15 is 0 Å². The van der Waals surface area contributed by atoms with E-state index in [0.29, 0.717) is 17.5 Å². The van der Waals surface area contributed by atoms with Crippen molar-refractivity contribution in [3.63, 3.8) is 0 Å². The van der Waals surface area contributed by atoms with Crippen molar-refractivity contribution in [3.8, 4) is 0 Å². The molecule has 0 aromatic rings. The van der Waals surface area contributed by atoms with E-state index in [2.05, 4.69) is 4.90 Å². The molecule has 0 spiro atoms. The molecule has 3 atom stereocenters. The predicted molar refractivity (Wildman–Crippen MR) is 103 cm³/mol. The first-order chi connectivity index (χ1) is 11.8. The summed E-state index contributed by atoms with van der Waals surface area (Å²) in [7, 11) is 1.91. The summed E-state index contributed by atoms with van der Waals surface area (Å²) in [6.07, 6.45) is 18.2. The van der Waals surface area contributed by atoms with E-state index in [0.717, 1.165) is 31.1 Å². The van der Waals surface area contributed by atoms with Crippen molar-refractivity contribution in [2.24, 2.45) is 11.8 Å². The number of halogens is 1. The Balaban J connectivity index is 1.66. The van der Waals surface area contributed by atoms with E-state index < -0.39 is 0 Å². The summed E-state index contributed by atoms with van der Waals surface area (Å²) in [6.45, 7) is 2.59. The molecule has 0 aromatic carbocycles. The third-order valence-electron chi connectivity index (χ3n) is 6.90. The van der Waals surface area contributed by atoms with E-state index in [1.165, 1.54) is 77.3 Å². The molecule has 0 aromatic heterocycles. The minimum Gasteiger partial charge on any atom is -0.380 e. The summed E-state index contributed by atoms with van der Waals surface area (Å²) in [6, 6.07) is 0.551. The number of alkyl halides is 1. The number of hydrogen-bond donors (Lipinski definition) is 0. The van der Waals surface area contributed by atoms with Crippen molar-refractivity contribution in [3.05, 3.63) is 0 Å². The lowest BCUT2D eigenvalue weighted by Gasteiger charge is -2.44. The van der Waals surface area contributed by atoms with Gasteiger partial charge in [0.1, 0.15) is 0 Å². The molecule has 3 rings (SSSR count). The minimum atomic E-state index is 0.349. The molecule has 0 bridgehead atoms. The van der Waals surface area contributed by atoms with Gasteiger partial charge in [-0.25, -0.2) is 0 Å². The second kappa shape index (κ2) is 9.78. The van der Waals surface area contributed by atoms with Gasteiger partial charge >= 0.3 is 0 Å². The minimum absolute atomic E-state index is 0.349. The van der Waals surface area contributed by atoms with Gasteiger partial charge < -0.3 is 4.74 Å². The van der Waals surface area contributed by atoms with Crippen molar-refractivity contribution < 1.29 is 4.74 Å². The zero-order chi connectivity index (χ0) is 16.8. The van der Waals surface area contributed by atoms with Gasteiger partial charge in [-0.2, -0.15) is 0 Å². The van der Waals surface area contributed by atoms with Gasteiger partial charge in [0.15, 0.2) is 0 Å². The number of nitrogens with zero attached hydrogens (tertiary/aromatic N) is 1. The molecule has 3 saturated carbocycles. The van der Waals surface area contributed by atoms with Crippen LogP contribution in [0.1, 0.15) is 83.5 Å². The zero-order valence-corrected chi connectivity index (χ0v) is 16.5. The summed E-state index contributed by atoms with van der Waals surface area (Å²) in [5, 5.41) is 0.349. The molecule has 140 valence electrons. The number of ether oxygens (including phenoxy) is 1. The SMILES string of the molecule is COC1CCC(Cl)CC1N(CC1CCCCC1)CC1CCCCC1. The van der Waals surface area contributed by atoms with Gasteiger partial charge in [-0.3, -0.25) is 4.90 Å². The third kappa shape index (κ3) is 5.35. The smallest absolute Gasteiger partial charge is 0.0727 e. The lowest BCUT2D eigenvalue weighted by atomic mass is 9.84. The summed E-state index contributed by atoms with van der Waals surface area (Å²) in [5.41, 5.74) is 0. The Morgan fingerprint density at radius 2 is 1.33 bits per heavy atom. The van der Waals surface area contributed by atoms with Crippen LogP contribution in [0, 0.1) is 11.8 Å². The standard InChI is InChI=1S/C21H38ClNO/c1-24-21-13-12-19(22)14-20(21)23(15-17-8-4-2-5-9-17)16-18-10-6-3-7-11-18/h17-21H,2-16H2,1H3. The second-order valence-electron chi connectivity index (χ2n) is 8.71. The van der Waals surface area contributed by atoms with Crippen molar-refractivity contribution >= 4 is 11.6 Å². The summed E-state index contributed by atoms with van der Waals surface area (Å²) in [4.78, 5) is 2.84. The normalized spacial score (nSPS) is 33.9. The van der Waals surface area contributed by atoms with E-state index in [9.17, 15) is 0 Å². The molecule has 0 radical (unpaired) electrons. The van der Waals surface area contributed by atoms with Gasteiger partial charge in [-0.05, 0) is 56.8 Å². The topological polar surface area (TPSA) is 12.5 Å². The molecule has 3 aliphatic carbocycles. The van der Waals surface area contributed by atoms with Gasteiger partial charge in [0, 0.05) is 31.6 Å². The first-order valence-corrected chi connectivity index (χ1v) is 11.1. The quantitative estimate of drug-likeness (QED) is 0.573. The Morgan fingerprint density at radius 1 is 0.792 bits per heavy atom. The van der Waals surface area contributed by atoms with Crippen LogP contribution in [0.4, 0.5) is 0 Å². The first-order valence-electron chi connectivity index (χ1n) is 10.7. The van der Waals surface area contributed by atoms with Crippen LogP contribution in [0.5, 0.6) is 0 Å². The second-order valence-corrected chi connectivity index (χ2v) is 9.33. The Labute approximate surface area is 154 Å². The van der Waals surface area contributed by atoms with E-state index in [-0.39, 0.29) is 0 Å². The highest BCUT2D eigenvalue weighted by molar-refractivity contribution is 6.20. The zero-order valence-electron chi connectivity index (χ0n) is 15.7. The Morgan fingerprint density at radius 3 is 1.83 bits per heavy atom. The molecule has 0 heterocycles. The number of methoxy groups -OCH3 is 1. The van der Waals surface area contributed by atoms with Crippen molar-refractivity contribution in [2.45, 2.75) is 101 Å². The van der Waals surface area contributed by atoms with E-state index in [4.69, 9.17) is 16.3 Å². The number of rotatable bonds is 6. The molecule has 0 aliphatic heterocycles. The van der Waals surface area contributed by atoms with Crippen LogP contribution < -0.4 is 0 Å². The van der Waals surface area contributed by atoms with Crippen LogP contribution in [0.2, 0.25) is 0 Å². The first kappa shape index (κ1) is 19.0. The highest BCUT2D eigenvalue weighted by atomic mass is 35.5. The highest BCUT2D eigenvalue weighted by Gasteiger charge is 2.36. The van der Waals surface area contributed by atoms with Crippen LogP contribution in [0.3, 0.4) is 0 Å². The predicted octanol–water partition coefficient (Wildman–Crippen LogP) is 5.62. The van der Waals surface area contributed by atoms with Crippen LogP contribution in [-0.4, -0.2) is 42.6 Å². The van der Waals surface area contributed by atoms with Gasteiger partial charge in [0.25, 0.3) is 0 Å².